The smallest absolute Gasteiger partial charge is 0.203 e. The minimum absolute atomic E-state index is 0.792. The van der Waals surface area contributed by atoms with Crippen molar-refractivity contribution in [1.29, 1.82) is 0 Å². The van der Waals surface area contributed by atoms with Gasteiger partial charge in [-0.25, -0.2) is 4.98 Å². The van der Waals surface area contributed by atoms with Crippen LogP contribution in [0.2, 0.25) is 0 Å². The Morgan fingerprint density at radius 2 is 2.50 bits per heavy atom. The van der Waals surface area contributed by atoms with E-state index >= 15 is 0 Å². The molecule has 1 unspecified atom stereocenters. The standard InChI is InChI=1S/C13H15N3S2/c1-9-4-5-11-12(7-9)18-13(15-11)16-14-8-10-3-2-6-17-10/h2-3,6,8-9H,4-5,7H2,1H3,(H,15,16)/b14-8-. The van der Waals surface area contributed by atoms with Crippen molar-refractivity contribution in [2.24, 2.45) is 11.0 Å². The molecule has 0 fully saturated rings. The Balaban J connectivity index is 1.67. The number of thiophene rings is 1. The summed E-state index contributed by atoms with van der Waals surface area (Å²) in [6.07, 6.45) is 5.38. The number of anilines is 1. The molecular formula is C13H15N3S2. The highest BCUT2D eigenvalue weighted by atomic mass is 32.1. The van der Waals surface area contributed by atoms with Crippen LogP contribution in [-0.2, 0) is 12.8 Å². The maximum Gasteiger partial charge on any atom is 0.203 e. The van der Waals surface area contributed by atoms with Crippen molar-refractivity contribution in [3.05, 3.63) is 33.0 Å². The Hall–Kier alpha value is -1.20. The highest BCUT2D eigenvalue weighted by Crippen LogP contribution is 2.31. The topological polar surface area (TPSA) is 37.3 Å². The number of fused-ring (bicyclic) bond motifs is 1. The molecule has 2 heterocycles. The zero-order valence-electron chi connectivity index (χ0n) is 10.2. The first-order valence-corrected chi connectivity index (χ1v) is 7.82. The molecule has 1 N–H and O–H groups in total. The minimum atomic E-state index is 0.792. The molecule has 3 nitrogen and oxygen atoms in total. The normalized spacial score (nSPS) is 19.1. The lowest BCUT2D eigenvalue weighted by molar-refractivity contribution is 0.502. The fourth-order valence-corrected chi connectivity index (χ4v) is 3.81. The highest BCUT2D eigenvalue weighted by Gasteiger charge is 2.19. The maximum atomic E-state index is 4.60. The van der Waals surface area contributed by atoms with E-state index in [4.69, 9.17) is 0 Å². The molecule has 5 heteroatoms. The first kappa shape index (κ1) is 11.9. The monoisotopic (exact) mass is 277 g/mol. The van der Waals surface area contributed by atoms with Gasteiger partial charge in [0.25, 0.3) is 0 Å². The van der Waals surface area contributed by atoms with Gasteiger partial charge in [0.15, 0.2) is 0 Å². The molecule has 3 rings (SSSR count). The van der Waals surface area contributed by atoms with Gasteiger partial charge in [0.05, 0.1) is 11.9 Å². The van der Waals surface area contributed by atoms with Gasteiger partial charge in [-0.1, -0.05) is 13.0 Å². The quantitative estimate of drug-likeness (QED) is 0.685. The van der Waals surface area contributed by atoms with Crippen LogP contribution in [0.25, 0.3) is 0 Å². The van der Waals surface area contributed by atoms with Crippen molar-refractivity contribution >= 4 is 34.0 Å². The summed E-state index contributed by atoms with van der Waals surface area (Å²) in [5, 5.41) is 7.19. The van der Waals surface area contributed by atoms with Gasteiger partial charge in [-0.2, -0.15) is 5.10 Å². The number of thiazole rings is 1. The summed E-state index contributed by atoms with van der Waals surface area (Å²) in [6, 6.07) is 4.07. The summed E-state index contributed by atoms with van der Waals surface area (Å²) in [7, 11) is 0. The Bertz CT molecular complexity index is 543. The molecule has 1 atom stereocenters. The van der Waals surface area contributed by atoms with Crippen LogP contribution in [0.1, 0.15) is 28.8 Å². The fraction of sp³-hybridized carbons (Fsp3) is 0.385. The Kier molecular flexibility index (Phi) is 3.43. The van der Waals surface area contributed by atoms with Gasteiger partial charge in [0, 0.05) is 9.75 Å². The second-order valence-corrected chi connectivity index (χ2v) is 6.69. The molecule has 1 aliphatic rings. The predicted molar refractivity (Wildman–Crippen MR) is 78.8 cm³/mol. The van der Waals surface area contributed by atoms with E-state index in [1.165, 1.54) is 23.4 Å². The third kappa shape index (κ3) is 2.62. The predicted octanol–water partition coefficient (Wildman–Crippen LogP) is 3.78. The van der Waals surface area contributed by atoms with E-state index < -0.39 is 0 Å². The number of aryl methyl sites for hydroxylation is 1. The second-order valence-electron chi connectivity index (χ2n) is 4.62. The number of rotatable bonds is 3. The SMILES string of the molecule is CC1CCc2nc(N/N=C\c3cccs3)sc2C1. The molecular weight excluding hydrogens is 262 g/mol. The van der Waals surface area contributed by atoms with Crippen LogP contribution < -0.4 is 5.43 Å². The molecule has 0 spiro atoms. The van der Waals surface area contributed by atoms with E-state index in [2.05, 4.69) is 22.4 Å². The molecule has 0 radical (unpaired) electrons. The Morgan fingerprint density at radius 3 is 3.33 bits per heavy atom. The number of hydrogen-bond acceptors (Lipinski definition) is 5. The summed E-state index contributed by atoms with van der Waals surface area (Å²) in [6.45, 7) is 2.31. The molecule has 0 amide bonds. The van der Waals surface area contributed by atoms with Gasteiger partial charge in [0.2, 0.25) is 5.13 Å². The van der Waals surface area contributed by atoms with Gasteiger partial charge in [0.1, 0.15) is 0 Å². The van der Waals surface area contributed by atoms with Crippen LogP contribution in [0, 0.1) is 5.92 Å². The number of hydrogen-bond donors (Lipinski definition) is 1. The largest absolute Gasteiger partial charge is 0.253 e. The maximum absolute atomic E-state index is 4.60. The van der Waals surface area contributed by atoms with Crippen LogP contribution >= 0.6 is 22.7 Å². The zero-order chi connectivity index (χ0) is 12.4. The molecule has 2 aromatic rings. The van der Waals surface area contributed by atoms with Gasteiger partial charge in [-0.05, 0) is 36.6 Å². The van der Waals surface area contributed by atoms with E-state index in [0.717, 1.165) is 22.3 Å². The lowest BCUT2D eigenvalue weighted by Crippen LogP contribution is -2.09. The van der Waals surface area contributed by atoms with Gasteiger partial charge in [-0.3, -0.25) is 5.43 Å². The third-order valence-electron chi connectivity index (χ3n) is 3.08. The number of nitrogens with zero attached hydrogens (tertiary/aromatic N) is 2. The van der Waals surface area contributed by atoms with Crippen molar-refractivity contribution in [2.75, 3.05) is 5.43 Å². The average molecular weight is 277 g/mol. The highest BCUT2D eigenvalue weighted by molar-refractivity contribution is 7.15. The van der Waals surface area contributed by atoms with Gasteiger partial charge < -0.3 is 0 Å². The molecule has 0 saturated heterocycles. The fourth-order valence-electron chi connectivity index (χ4n) is 2.10. The van der Waals surface area contributed by atoms with E-state index in [0.29, 0.717) is 0 Å². The first-order valence-electron chi connectivity index (χ1n) is 6.12. The van der Waals surface area contributed by atoms with E-state index in [1.54, 1.807) is 22.7 Å². The summed E-state index contributed by atoms with van der Waals surface area (Å²) in [4.78, 5) is 7.18. The average Bonchev–Trinajstić information content (AvgIpc) is 2.97. The van der Waals surface area contributed by atoms with Crippen molar-refractivity contribution < 1.29 is 0 Å². The van der Waals surface area contributed by atoms with Gasteiger partial charge in [-0.15, -0.1) is 22.7 Å². The van der Waals surface area contributed by atoms with E-state index in [9.17, 15) is 0 Å². The van der Waals surface area contributed by atoms with Gasteiger partial charge >= 0.3 is 0 Å². The second kappa shape index (κ2) is 5.20. The summed E-state index contributed by atoms with van der Waals surface area (Å²) in [5.74, 6) is 0.792. The summed E-state index contributed by atoms with van der Waals surface area (Å²) >= 11 is 3.42. The van der Waals surface area contributed by atoms with Crippen molar-refractivity contribution in [2.45, 2.75) is 26.2 Å². The van der Waals surface area contributed by atoms with E-state index in [-0.39, 0.29) is 0 Å². The molecule has 0 aromatic carbocycles. The Morgan fingerprint density at radius 1 is 1.56 bits per heavy atom. The van der Waals surface area contributed by atoms with Crippen molar-refractivity contribution in [3.63, 3.8) is 0 Å². The van der Waals surface area contributed by atoms with Crippen LogP contribution in [0.3, 0.4) is 0 Å². The van der Waals surface area contributed by atoms with Crippen LogP contribution in [-0.4, -0.2) is 11.2 Å². The number of hydrazone groups is 1. The molecule has 0 aliphatic heterocycles. The Labute approximate surface area is 115 Å². The lowest BCUT2D eigenvalue weighted by atomic mass is 9.93. The van der Waals surface area contributed by atoms with Crippen LogP contribution in [0.15, 0.2) is 22.6 Å². The zero-order valence-corrected chi connectivity index (χ0v) is 11.9. The first-order chi connectivity index (χ1) is 8.81. The third-order valence-corrected chi connectivity index (χ3v) is 4.91. The van der Waals surface area contributed by atoms with Crippen LogP contribution in [0.5, 0.6) is 0 Å². The number of nitrogens with one attached hydrogen (secondary N) is 1. The van der Waals surface area contributed by atoms with Crippen molar-refractivity contribution in [1.82, 2.24) is 4.98 Å². The van der Waals surface area contributed by atoms with E-state index in [1.807, 2.05) is 23.7 Å². The molecule has 2 aromatic heterocycles. The summed E-state index contributed by atoms with van der Waals surface area (Å²) < 4.78 is 0. The minimum Gasteiger partial charge on any atom is -0.253 e. The molecule has 0 bridgehead atoms. The van der Waals surface area contributed by atoms with Crippen LogP contribution in [0.4, 0.5) is 5.13 Å². The molecule has 18 heavy (non-hydrogen) atoms. The lowest BCUT2D eigenvalue weighted by Gasteiger charge is -2.15. The summed E-state index contributed by atoms with van der Waals surface area (Å²) in [5.41, 5.74) is 4.31. The molecule has 1 aliphatic carbocycles. The molecule has 94 valence electrons. The van der Waals surface area contributed by atoms with Crippen molar-refractivity contribution in [3.8, 4) is 0 Å². The number of aromatic nitrogens is 1. The molecule has 0 saturated carbocycles.